The maximum absolute atomic E-state index is 5.69. The Kier molecular flexibility index (Phi) is 7.51. The van der Waals surface area contributed by atoms with E-state index in [0.29, 0.717) is 13.2 Å². The summed E-state index contributed by atoms with van der Waals surface area (Å²) in [5.41, 5.74) is 2.40. The lowest BCUT2D eigenvalue weighted by molar-refractivity contribution is 0.0620. The zero-order valence-electron chi connectivity index (χ0n) is 20.2. The molecule has 2 aromatic carbocycles. The van der Waals surface area contributed by atoms with Crippen LogP contribution in [0.3, 0.4) is 0 Å². The van der Waals surface area contributed by atoms with E-state index in [-0.39, 0.29) is 6.04 Å². The molecule has 1 saturated heterocycles. The number of piperazine rings is 1. The fourth-order valence-corrected chi connectivity index (χ4v) is 5.52. The van der Waals surface area contributed by atoms with Crippen molar-refractivity contribution in [1.82, 2.24) is 30.0 Å². The average Bonchev–Trinajstić information content (AvgIpc) is 3.34. The fourth-order valence-electron chi connectivity index (χ4n) is 5.52. The highest BCUT2D eigenvalue weighted by atomic mass is 16.5. The van der Waals surface area contributed by atoms with Crippen LogP contribution >= 0.6 is 0 Å². The Morgan fingerprint density at radius 3 is 2.35 bits per heavy atom. The van der Waals surface area contributed by atoms with Gasteiger partial charge < -0.3 is 4.74 Å². The predicted octanol–water partition coefficient (Wildman–Crippen LogP) is 4.16. The molecule has 3 aromatic rings. The van der Waals surface area contributed by atoms with Gasteiger partial charge in [-0.15, -0.1) is 5.10 Å². The number of hydrogen-bond donors (Lipinski definition) is 0. The van der Waals surface area contributed by atoms with Gasteiger partial charge in [0.25, 0.3) is 0 Å². The van der Waals surface area contributed by atoms with Crippen molar-refractivity contribution in [2.75, 3.05) is 32.8 Å². The lowest BCUT2D eigenvalue weighted by Crippen LogP contribution is -2.52. The Morgan fingerprint density at radius 1 is 0.912 bits per heavy atom. The number of benzene rings is 2. The third-order valence-electron chi connectivity index (χ3n) is 7.29. The molecular formula is C27H36N6O. The molecule has 7 heteroatoms. The average molecular weight is 461 g/mol. The third-order valence-corrected chi connectivity index (χ3v) is 7.29. The Morgan fingerprint density at radius 2 is 1.65 bits per heavy atom. The molecular weight excluding hydrogens is 424 g/mol. The van der Waals surface area contributed by atoms with E-state index in [1.54, 1.807) is 0 Å². The lowest BCUT2D eigenvalue weighted by atomic mass is 9.93. The first-order chi connectivity index (χ1) is 16.8. The predicted molar refractivity (Wildman–Crippen MR) is 133 cm³/mol. The molecule has 2 heterocycles. The minimum atomic E-state index is 0.0166. The lowest BCUT2D eigenvalue weighted by Gasteiger charge is -2.43. The molecule has 5 rings (SSSR count). The van der Waals surface area contributed by atoms with E-state index in [1.165, 1.54) is 43.2 Å². The molecule has 2 fully saturated rings. The summed E-state index contributed by atoms with van der Waals surface area (Å²) in [6, 6.07) is 19.7. The molecule has 0 N–H and O–H groups in total. The first-order valence-corrected chi connectivity index (χ1v) is 12.8. The summed E-state index contributed by atoms with van der Waals surface area (Å²) in [7, 11) is 0. The van der Waals surface area contributed by atoms with Gasteiger partial charge in [-0.05, 0) is 53.5 Å². The minimum Gasteiger partial charge on any atom is -0.494 e. The van der Waals surface area contributed by atoms with Crippen molar-refractivity contribution in [1.29, 1.82) is 0 Å². The Labute approximate surface area is 202 Å². The summed E-state index contributed by atoms with van der Waals surface area (Å²) in [5.74, 6) is 1.80. The van der Waals surface area contributed by atoms with E-state index in [4.69, 9.17) is 4.74 Å². The van der Waals surface area contributed by atoms with Crippen LogP contribution in [0.2, 0.25) is 0 Å². The number of ether oxygens (including phenoxy) is 1. The molecule has 34 heavy (non-hydrogen) atoms. The monoisotopic (exact) mass is 460 g/mol. The van der Waals surface area contributed by atoms with Gasteiger partial charge in [0.1, 0.15) is 5.75 Å². The van der Waals surface area contributed by atoms with Gasteiger partial charge in [-0.25, -0.2) is 4.68 Å². The Bertz CT molecular complexity index is 1010. The maximum atomic E-state index is 5.69. The largest absolute Gasteiger partial charge is 0.494 e. The molecule has 1 atom stereocenters. The number of nitrogens with zero attached hydrogens (tertiary/aromatic N) is 6. The SMILES string of the molecule is CCOc1ccc([C@H](c2nnnn2Cc2ccccc2)N2CCN(C3CCCCC3)CC2)cc1. The maximum Gasteiger partial charge on any atom is 0.173 e. The van der Waals surface area contributed by atoms with Crippen molar-refractivity contribution in [2.45, 2.75) is 57.7 Å². The second-order valence-corrected chi connectivity index (χ2v) is 9.45. The van der Waals surface area contributed by atoms with Crippen molar-refractivity contribution in [3.05, 3.63) is 71.5 Å². The first kappa shape index (κ1) is 23.0. The third kappa shape index (κ3) is 5.31. The smallest absolute Gasteiger partial charge is 0.173 e. The highest BCUT2D eigenvalue weighted by Gasteiger charge is 2.32. The van der Waals surface area contributed by atoms with Crippen molar-refractivity contribution >= 4 is 0 Å². The van der Waals surface area contributed by atoms with Gasteiger partial charge in [-0.3, -0.25) is 9.80 Å². The second-order valence-electron chi connectivity index (χ2n) is 9.45. The van der Waals surface area contributed by atoms with E-state index in [0.717, 1.165) is 43.8 Å². The van der Waals surface area contributed by atoms with Crippen LogP contribution in [0.25, 0.3) is 0 Å². The second kappa shape index (κ2) is 11.1. The van der Waals surface area contributed by atoms with Crippen LogP contribution in [0.1, 0.15) is 62.0 Å². The van der Waals surface area contributed by atoms with Gasteiger partial charge in [0.15, 0.2) is 5.82 Å². The van der Waals surface area contributed by atoms with Gasteiger partial charge in [-0.1, -0.05) is 61.7 Å². The Hall–Kier alpha value is -2.77. The molecule has 7 nitrogen and oxygen atoms in total. The zero-order chi connectivity index (χ0) is 23.2. The molecule has 1 aromatic heterocycles. The summed E-state index contributed by atoms with van der Waals surface area (Å²) in [6.07, 6.45) is 6.89. The van der Waals surface area contributed by atoms with Crippen LogP contribution in [0.15, 0.2) is 54.6 Å². The van der Waals surface area contributed by atoms with Crippen LogP contribution < -0.4 is 4.74 Å². The van der Waals surface area contributed by atoms with Gasteiger partial charge in [0.2, 0.25) is 0 Å². The van der Waals surface area contributed by atoms with E-state index >= 15 is 0 Å². The summed E-state index contributed by atoms with van der Waals surface area (Å²) in [5, 5.41) is 13.0. The minimum absolute atomic E-state index is 0.0166. The van der Waals surface area contributed by atoms with Gasteiger partial charge in [0.05, 0.1) is 19.2 Å². The number of hydrogen-bond acceptors (Lipinski definition) is 6. The first-order valence-electron chi connectivity index (χ1n) is 12.8. The van der Waals surface area contributed by atoms with Crippen molar-refractivity contribution < 1.29 is 4.74 Å². The molecule has 2 aliphatic rings. The summed E-state index contributed by atoms with van der Waals surface area (Å²) < 4.78 is 7.66. The molecule has 0 spiro atoms. The van der Waals surface area contributed by atoms with Gasteiger partial charge in [0, 0.05) is 32.2 Å². The number of tetrazole rings is 1. The Balaban J connectivity index is 1.39. The molecule has 1 saturated carbocycles. The summed E-state index contributed by atoms with van der Waals surface area (Å²) in [4.78, 5) is 5.28. The van der Waals surface area contributed by atoms with Gasteiger partial charge >= 0.3 is 0 Å². The molecule has 180 valence electrons. The highest BCUT2D eigenvalue weighted by Crippen LogP contribution is 2.31. The van der Waals surface area contributed by atoms with Crippen molar-refractivity contribution in [3.63, 3.8) is 0 Å². The summed E-state index contributed by atoms with van der Waals surface area (Å²) in [6.45, 7) is 7.61. The van der Waals surface area contributed by atoms with E-state index in [2.05, 4.69) is 73.9 Å². The van der Waals surface area contributed by atoms with Crippen molar-refractivity contribution in [2.24, 2.45) is 0 Å². The van der Waals surface area contributed by atoms with E-state index in [9.17, 15) is 0 Å². The molecule has 0 amide bonds. The van der Waals surface area contributed by atoms with Crippen LogP contribution in [0.5, 0.6) is 5.75 Å². The normalized spacial score (nSPS) is 19.2. The summed E-state index contributed by atoms with van der Waals surface area (Å²) >= 11 is 0. The van der Waals surface area contributed by atoms with Crippen LogP contribution in [0.4, 0.5) is 0 Å². The highest BCUT2D eigenvalue weighted by molar-refractivity contribution is 5.32. The van der Waals surface area contributed by atoms with Crippen LogP contribution in [-0.4, -0.2) is 68.8 Å². The van der Waals surface area contributed by atoms with Crippen LogP contribution in [0, 0.1) is 0 Å². The van der Waals surface area contributed by atoms with Gasteiger partial charge in [-0.2, -0.15) is 0 Å². The zero-order valence-corrected chi connectivity index (χ0v) is 20.2. The molecule has 0 bridgehead atoms. The van der Waals surface area contributed by atoms with E-state index < -0.39 is 0 Å². The molecule has 1 aliphatic heterocycles. The topological polar surface area (TPSA) is 59.3 Å². The van der Waals surface area contributed by atoms with Crippen molar-refractivity contribution in [3.8, 4) is 5.75 Å². The standard InChI is InChI=1S/C27H36N6O/c1-2-34-25-15-13-23(14-16-25)26(27-28-29-30-33(27)21-22-9-5-3-6-10-22)32-19-17-31(18-20-32)24-11-7-4-8-12-24/h3,5-6,9-10,13-16,24,26H,2,4,7-8,11-12,17-21H2,1H3/t26-/m1/s1. The quantitative estimate of drug-likeness (QED) is 0.503. The molecule has 1 aliphatic carbocycles. The van der Waals surface area contributed by atoms with Crippen LogP contribution in [-0.2, 0) is 6.54 Å². The fraction of sp³-hybridized carbons (Fsp3) is 0.519. The number of rotatable bonds is 8. The molecule has 0 radical (unpaired) electrons. The number of aromatic nitrogens is 4. The molecule has 0 unspecified atom stereocenters. The van der Waals surface area contributed by atoms with E-state index in [1.807, 2.05) is 17.7 Å².